The van der Waals surface area contributed by atoms with Crippen molar-refractivity contribution in [1.29, 1.82) is 0 Å². The van der Waals surface area contributed by atoms with E-state index in [-0.39, 0.29) is 17.4 Å². The van der Waals surface area contributed by atoms with Gasteiger partial charge in [-0.05, 0) is 56.5 Å². The minimum atomic E-state index is -2.81. The van der Waals surface area contributed by atoms with Crippen LogP contribution in [0.25, 0.3) is 0 Å². The second-order valence-electron chi connectivity index (χ2n) is 6.12. The van der Waals surface area contributed by atoms with Crippen LogP contribution in [0.1, 0.15) is 25.7 Å². The molecule has 5 heteroatoms. The van der Waals surface area contributed by atoms with Gasteiger partial charge in [-0.3, -0.25) is 0 Å². The molecule has 2 N–H and O–H groups in total. The van der Waals surface area contributed by atoms with Gasteiger partial charge >= 0.3 is 0 Å². The molecule has 3 fully saturated rings. The molecular weight excluding hydrogens is 238 g/mol. The minimum absolute atomic E-state index is 0.205. The molecule has 0 aromatic rings. The molecule has 2 aliphatic heterocycles. The standard InChI is InChI=1S/C12H21NO3S/c14-12(5-9-7-13-8-10(9)6-12)11-1-3-17(15,16)4-2-11/h9-11,13-14H,1-8H2. The van der Waals surface area contributed by atoms with E-state index in [0.29, 0.717) is 24.7 Å². The van der Waals surface area contributed by atoms with Gasteiger partial charge in [-0.1, -0.05) is 0 Å². The monoisotopic (exact) mass is 259 g/mol. The van der Waals surface area contributed by atoms with E-state index in [4.69, 9.17) is 0 Å². The second kappa shape index (κ2) is 3.93. The Morgan fingerprint density at radius 1 is 1.06 bits per heavy atom. The highest BCUT2D eigenvalue weighted by molar-refractivity contribution is 7.91. The maximum absolute atomic E-state index is 11.4. The van der Waals surface area contributed by atoms with Crippen molar-refractivity contribution in [2.24, 2.45) is 17.8 Å². The predicted octanol–water partition coefficient (Wildman–Crippen LogP) is 0.172. The van der Waals surface area contributed by atoms with Crippen LogP contribution >= 0.6 is 0 Å². The van der Waals surface area contributed by atoms with Gasteiger partial charge in [0.2, 0.25) is 0 Å². The van der Waals surface area contributed by atoms with E-state index >= 15 is 0 Å². The number of nitrogens with one attached hydrogen (secondary N) is 1. The number of hydrogen-bond donors (Lipinski definition) is 2. The zero-order valence-electron chi connectivity index (χ0n) is 10.1. The Labute approximate surface area is 103 Å². The van der Waals surface area contributed by atoms with Crippen LogP contribution in [0.5, 0.6) is 0 Å². The molecule has 0 aromatic carbocycles. The van der Waals surface area contributed by atoms with Gasteiger partial charge in [0, 0.05) is 0 Å². The van der Waals surface area contributed by atoms with Crippen molar-refractivity contribution in [2.45, 2.75) is 31.3 Å². The van der Waals surface area contributed by atoms with Crippen LogP contribution in [0.3, 0.4) is 0 Å². The molecule has 2 atom stereocenters. The normalized spacial score (nSPS) is 45.9. The first-order valence-electron chi connectivity index (χ1n) is 6.62. The van der Waals surface area contributed by atoms with Gasteiger partial charge in [0.25, 0.3) is 0 Å². The largest absolute Gasteiger partial charge is 0.390 e. The predicted molar refractivity (Wildman–Crippen MR) is 65.4 cm³/mol. The summed E-state index contributed by atoms with van der Waals surface area (Å²) in [5, 5.41) is 14.1. The lowest BCUT2D eigenvalue weighted by atomic mass is 9.81. The van der Waals surface area contributed by atoms with Gasteiger partial charge in [0.05, 0.1) is 17.1 Å². The highest BCUT2D eigenvalue weighted by atomic mass is 32.2. The molecule has 1 saturated carbocycles. The van der Waals surface area contributed by atoms with Gasteiger partial charge in [0.15, 0.2) is 0 Å². The van der Waals surface area contributed by atoms with Crippen molar-refractivity contribution in [3.8, 4) is 0 Å². The third-order valence-corrected chi connectivity index (χ3v) is 6.74. The van der Waals surface area contributed by atoms with Crippen LogP contribution in [0, 0.1) is 17.8 Å². The lowest BCUT2D eigenvalue weighted by molar-refractivity contribution is -0.0229. The molecule has 4 nitrogen and oxygen atoms in total. The van der Waals surface area contributed by atoms with Crippen LogP contribution in [-0.2, 0) is 9.84 Å². The summed E-state index contributed by atoms with van der Waals surface area (Å²) in [6.07, 6.45) is 3.06. The molecule has 98 valence electrons. The summed E-state index contributed by atoms with van der Waals surface area (Å²) in [6.45, 7) is 2.05. The molecule has 0 spiro atoms. The zero-order chi connectivity index (χ0) is 12.1. The van der Waals surface area contributed by atoms with Crippen molar-refractivity contribution in [1.82, 2.24) is 5.32 Å². The van der Waals surface area contributed by atoms with Crippen LogP contribution in [0.15, 0.2) is 0 Å². The average molecular weight is 259 g/mol. The van der Waals surface area contributed by atoms with E-state index in [1.807, 2.05) is 0 Å². The van der Waals surface area contributed by atoms with Crippen LogP contribution < -0.4 is 5.32 Å². The fourth-order valence-corrected chi connectivity index (χ4v) is 5.51. The summed E-state index contributed by atoms with van der Waals surface area (Å²) < 4.78 is 22.8. The van der Waals surface area contributed by atoms with Crippen LogP contribution in [0.2, 0.25) is 0 Å². The summed E-state index contributed by atoms with van der Waals surface area (Å²) >= 11 is 0. The van der Waals surface area contributed by atoms with E-state index in [1.54, 1.807) is 0 Å². The third kappa shape index (κ3) is 2.13. The molecule has 2 saturated heterocycles. The van der Waals surface area contributed by atoms with Crippen molar-refractivity contribution in [3.05, 3.63) is 0 Å². The molecule has 3 rings (SSSR count). The van der Waals surface area contributed by atoms with E-state index in [0.717, 1.165) is 25.9 Å². The third-order valence-electron chi connectivity index (χ3n) is 5.03. The van der Waals surface area contributed by atoms with Gasteiger partial charge in [0.1, 0.15) is 9.84 Å². The summed E-state index contributed by atoms with van der Waals surface area (Å²) in [4.78, 5) is 0. The topological polar surface area (TPSA) is 66.4 Å². The Balaban J connectivity index is 1.69. The Bertz CT molecular complexity index is 380. The molecule has 2 unspecified atom stereocenters. The molecular formula is C12H21NO3S. The van der Waals surface area contributed by atoms with Crippen LogP contribution in [-0.4, -0.2) is 43.7 Å². The molecule has 0 bridgehead atoms. The Kier molecular flexibility index (Phi) is 2.76. The lowest BCUT2D eigenvalue weighted by Gasteiger charge is -2.36. The fourth-order valence-electron chi connectivity index (χ4n) is 4.02. The van der Waals surface area contributed by atoms with Crippen molar-refractivity contribution in [2.75, 3.05) is 24.6 Å². The second-order valence-corrected chi connectivity index (χ2v) is 8.42. The number of sulfone groups is 1. The smallest absolute Gasteiger partial charge is 0.150 e. The van der Waals surface area contributed by atoms with E-state index in [9.17, 15) is 13.5 Å². The average Bonchev–Trinajstić information content (AvgIpc) is 2.75. The number of aliphatic hydroxyl groups is 1. The maximum atomic E-state index is 11.4. The summed E-state index contributed by atoms with van der Waals surface area (Å²) in [5.74, 6) is 1.97. The first-order valence-corrected chi connectivity index (χ1v) is 8.44. The molecule has 0 aromatic heterocycles. The number of hydrogen-bond acceptors (Lipinski definition) is 4. The Morgan fingerprint density at radius 2 is 1.59 bits per heavy atom. The maximum Gasteiger partial charge on any atom is 0.150 e. The Morgan fingerprint density at radius 3 is 2.12 bits per heavy atom. The van der Waals surface area contributed by atoms with Crippen LogP contribution in [0.4, 0.5) is 0 Å². The fraction of sp³-hybridized carbons (Fsp3) is 1.00. The van der Waals surface area contributed by atoms with Gasteiger partial charge in [-0.2, -0.15) is 0 Å². The molecule has 1 aliphatic carbocycles. The quantitative estimate of drug-likeness (QED) is 0.704. The Hall–Kier alpha value is -0.130. The van der Waals surface area contributed by atoms with Crippen molar-refractivity contribution >= 4 is 9.84 Å². The first kappa shape index (κ1) is 11.9. The minimum Gasteiger partial charge on any atom is -0.390 e. The van der Waals surface area contributed by atoms with E-state index < -0.39 is 15.4 Å². The zero-order valence-corrected chi connectivity index (χ0v) is 10.9. The summed E-state index contributed by atoms with van der Waals surface area (Å²) in [6, 6.07) is 0. The van der Waals surface area contributed by atoms with Crippen molar-refractivity contribution in [3.63, 3.8) is 0 Å². The molecule has 3 aliphatic rings. The molecule has 0 radical (unpaired) electrons. The molecule has 17 heavy (non-hydrogen) atoms. The lowest BCUT2D eigenvalue weighted by Crippen LogP contribution is -2.41. The first-order chi connectivity index (χ1) is 7.99. The highest BCUT2D eigenvalue weighted by Gasteiger charge is 2.50. The highest BCUT2D eigenvalue weighted by Crippen LogP contribution is 2.47. The number of fused-ring (bicyclic) bond motifs is 1. The van der Waals surface area contributed by atoms with E-state index in [2.05, 4.69) is 5.32 Å². The SMILES string of the molecule is O=S1(=O)CCC(C2(O)CC3CNCC3C2)CC1. The van der Waals surface area contributed by atoms with Gasteiger partial charge in [-0.25, -0.2) is 8.42 Å². The summed E-state index contributed by atoms with van der Waals surface area (Å²) in [5.41, 5.74) is -0.576. The summed E-state index contributed by atoms with van der Waals surface area (Å²) in [7, 11) is -2.81. The molecule has 0 amide bonds. The van der Waals surface area contributed by atoms with Gasteiger partial charge < -0.3 is 10.4 Å². The van der Waals surface area contributed by atoms with E-state index in [1.165, 1.54) is 0 Å². The van der Waals surface area contributed by atoms with Gasteiger partial charge in [-0.15, -0.1) is 0 Å². The number of rotatable bonds is 1. The van der Waals surface area contributed by atoms with Crippen molar-refractivity contribution < 1.29 is 13.5 Å². The molecule has 2 heterocycles.